The zero-order valence-electron chi connectivity index (χ0n) is 21.8. The fourth-order valence-corrected chi connectivity index (χ4v) is 4.44. The summed E-state index contributed by atoms with van der Waals surface area (Å²) in [6.07, 6.45) is 0.799. The Morgan fingerprint density at radius 3 is 2.53 bits per heavy atom. The average Bonchev–Trinajstić information content (AvgIpc) is 3.34. The van der Waals surface area contributed by atoms with Crippen LogP contribution in [0.5, 0.6) is 5.75 Å². The molecule has 1 N–H and O–H groups in total. The van der Waals surface area contributed by atoms with Crippen LogP contribution >= 0.6 is 0 Å². The number of benzene rings is 2. The smallest absolute Gasteiger partial charge is 0.287 e. The maximum Gasteiger partial charge on any atom is 0.287 e. The van der Waals surface area contributed by atoms with Crippen LogP contribution in [0.4, 0.5) is 0 Å². The Labute approximate surface area is 213 Å². The third-order valence-corrected chi connectivity index (χ3v) is 6.30. The number of rotatable bonds is 7. The van der Waals surface area contributed by atoms with Gasteiger partial charge in [0, 0.05) is 18.5 Å². The molecule has 2 heterocycles. The summed E-state index contributed by atoms with van der Waals surface area (Å²) in [4.78, 5) is 27.6. The molecule has 190 valence electrons. The Hall–Kier alpha value is -3.54. The molecule has 1 aromatic heterocycles. The molecule has 4 rings (SSSR count). The van der Waals surface area contributed by atoms with Gasteiger partial charge in [-0.05, 0) is 53.3 Å². The Balaban J connectivity index is 1.55. The molecule has 0 spiro atoms. The number of hydrogen-bond donors (Lipinski definition) is 1. The maximum atomic E-state index is 13.4. The highest BCUT2D eigenvalue weighted by Gasteiger charge is 2.37. The van der Waals surface area contributed by atoms with E-state index in [-0.39, 0.29) is 30.2 Å². The van der Waals surface area contributed by atoms with Crippen molar-refractivity contribution >= 4 is 11.8 Å². The summed E-state index contributed by atoms with van der Waals surface area (Å²) in [6.45, 7) is 11.5. The van der Waals surface area contributed by atoms with Crippen molar-refractivity contribution in [1.82, 2.24) is 10.2 Å². The van der Waals surface area contributed by atoms with E-state index >= 15 is 0 Å². The third kappa shape index (κ3) is 5.81. The second kappa shape index (κ2) is 10.6. The number of carbonyl (C=O) groups is 2. The summed E-state index contributed by atoms with van der Waals surface area (Å²) in [5.74, 6) is 1.82. The molecule has 0 radical (unpaired) electrons. The molecule has 3 aromatic rings. The van der Waals surface area contributed by atoms with E-state index in [1.165, 1.54) is 5.56 Å². The average molecular weight is 489 g/mol. The molecule has 0 bridgehead atoms. The minimum absolute atomic E-state index is 0.132. The minimum atomic E-state index is -0.475. The van der Waals surface area contributed by atoms with Crippen molar-refractivity contribution in [2.24, 2.45) is 11.3 Å². The highest BCUT2D eigenvalue weighted by Crippen LogP contribution is 2.39. The Kier molecular flexibility index (Phi) is 7.53. The standard InChI is InChI=1S/C30H36N2O4/c1-20(2)18-31-28(33)26-14-13-24(36-26)19-35-23-12-11-21-15-16-32(29(34)30(3,4)5)27(25(21)17-23)22-9-7-6-8-10-22/h6-14,17,20,27H,15-16,18-19H2,1-5H3,(H,31,33)/t27-/m0/s1. The first-order valence-electron chi connectivity index (χ1n) is 12.6. The van der Waals surface area contributed by atoms with Crippen molar-refractivity contribution in [3.8, 4) is 5.75 Å². The molecule has 2 aromatic carbocycles. The zero-order valence-corrected chi connectivity index (χ0v) is 21.8. The number of furan rings is 1. The van der Waals surface area contributed by atoms with Crippen molar-refractivity contribution in [3.63, 3.8) is 0 Å². The Morgan fingerprint density at radius 1 is 1.08 bits per heavy atom. The van der Waals surface area contributed by atoms with E-state index in [4.69, 9.17) is 9.15 Å². The van der Waals surface area contributed by atoms with E-state index in [1.54, 1.807) is 12.1 Å². The summed E-state index contributed by atoms with van der Waals surface area (Å²) in [7, 11) is 0. The largest absolute Gasteiger partial charge is 0.486 e. The van der Waals surface area contributed by atoms with E-state index in [0.717, 1.165) is 17.5 Å². The van der Waals surface area contributed by atoms with Gasteiger partial charge < -0.3 is 19.4 Å². The third-order valence-electron chi connectivity index (χ3n) is 6.30. The number of amides is 2. The Bertz CT molecular complexity index is 1210. The molecule has 0 saturated carbocycles. The molecule has 6 heteroatoms. The lowest BCUT2D eigenvalue weighted by Gasteiger charge is -2.41. The SMILES string of the molecule is CC(C)CNC(=O)c1ccc(COc2ccc3c(c2)[C@H](c2ccccc2)N(C(=O)C(C)(C)C)CC3)o1. The summed E-state index contributed by atoms with van der Waals surface area (Å²) >= 11 is 0. The molecule has 0 saturated heterocycles. The fourth-order valence-electron chi connectivity index (χ4n) is 4.44. The van der Waals surface area contributed by atoms with Crippen LogP contribution in [0.2, 0.25) is 0 Å². The topological polar surface area (TPSA) is 71.8 Å². The fraction of sp³-hybridized carbons (Fsp3) is 0.400. The van der Waals surface area contributed by atoms with Crippen molar-refractivity contribution in [2.75, 3.05) is 13.1 Å². The first-order chi connectivity index (χ1) is 17.1. The van der Waals surface area contributed by atoms with Crippen LogP contribution in [-0.4, -0.2) is 29.8 Å². The molecule has 1 aliphatic rings. The second-order valence-corrected chi connectivity index (χ2v) is 10.8. The number of nitrogens with zero attached hydrogens (tertiary/aromatic N) is 1. The highest BCUT2D eigenvalue weighted by molar-refractivity contribution is 5.91. The normalized spacial score (nSPS) is 15.5. The van der Waals surface area contributed by atoms with Crippen LogP contribution in [0.25, 0.3) is 0 Å². The van der Waals surface area contributed by atoms with Gasteiger partial charge in [0.05, 0.1) is 6.04 Å². The van der Waals surface area contributed by atoms with Crippen LogP contribution in [-0.2, 0) is 17.8 Å². The molecular formula is C30H36N2O4. The van der Waals surface area contributed by atoms with Gasteiger partial charge in [0.15, 0.2) is 5.76 Å². The summed E-state index contributed by atoms with van der Waals surface area (Å²) < 4.78 is 11.8. The molecule has 36 heavy (non-hydrogen) atoms. The molecule has 1 aliphatic heterocycles. The molecular weight excluding hydrogens is 452 g/mol. The summed E-state index contributed by atoms with van der Waals surface area (Å²) in [5, 5.41) is 2.86. The van der Waals surface area contributed by atoms with Crippen molar-refractivity contribution in [3.05, 3.63) is 88.9 Å². The first kappa shape index (κ1) is 25.5. The lowest BCUT2D eigenvalue weighted by molar-refractivity contribution is -0.141. The van der Waals surface area contributed by atoms with Gasteiger partial charge >= 0.3 is 0 Å². The van der Waals surface area contributed by atoms with E-state index in [2.05, 4.69) is 23.5 Å². The predicted octanol–water partition coefficient (Wildman–Crippen LogP) is 5.76. The molecule has 0 aliphatic carbocycles. The maximum absolute atomic E-state index is 13.4. The van der Waals surface area contributed by atoms with Crippen LogP contribution in [0.15, 0.2) is 65.1 Å². The highest BCUT2D eigenvalue weighted by atomic mass is 16.5. The number of nitrogens with one attached hydrogen (secondary N) is 1. The number of ether oxygens (including phenoxy) is 1. The minimum Gasteiger partial charge on any atom is -0.486 e. The van der Waals surface area contributed by atoms with E-state index in [9.17, 15) is 9.59 Å². The van der Waals surface area contributed by atoms with E-state index in [0.29, 0.717) is 30.5 Å². The number of carbonyl (C=O) groups excluding carboxylic acids is 2. The quantitative estimate of drug-likeness (QED) is 0.459. The summed E-state index contributed by atoms with van der Waals surface area (Å²) in [6, 6.07) is 19.5. The van der Waals surface area contributed by atoms with Gasteiger partial charge in [-0.15, -0.1) is 0 Å². The Morgan fingerprint density at radius 2 is 1.83 bits per heavy atom. The molecule has 0 unspecified atom stereocenters. The van der Waals surface area contributed by atoms with Gasteiger partial charge in [-0.1, -0.05) is 71.0 Å². The van der Waals surface area contributed by atoms with E-state index in [1.807, 2.05) is 69.9 Å². The number of fused-ring (bicyclic) bond motifs is 1. The van der Waals surface area contributed by atoms with Gasteiger partial charge in [-0.2, -0.15) is 0 Å². The number of hydrogen-bond acceptors (Lipinski definition) is 4. The molecule has 1 atom stereocenters. The van der Waals surface area contributed by atoms with E-state index < -0.39 is 5.41 Å². The van der Waals surface area contributed by atoms with Gasteiger partial charge in [0.1, 0.15) is 18.1 Å². The van der Waals surface area contributed by atoms with Crippen molar-refractivity contribution in [2.45, 2.75) is 53.7 Å². The van der Waals surface area contributed by atoms with Crippen molar-refractivity contribution in [1.29, 1.82) is 0 Å². The van der Waals surface area contributed by atoms with Gasteiger partial charge in [0.2, 0.25) is 5.91 Å². The van der Waals surface area contributed by atoms with Crippen LogP contribution in [0.3, 0.4) is 0 Å². The summed E-state index contributed by atoms with van der Waals surface area (Å²) in [5.41, 5.74) is 2.90. The lowest BCUT2D eigenvalue weighted by Crippen LogP contribution is -2.45. The van der Waals surface area contributed by atoms with Crippen LogP contribution in [0, 0.1) is 11.3 Å². The van der Waals surface area contributed by atoms with Crippen molar-refractivity contribution < 1.29 is 18.7 Å². The monoisotopic (exact) mass is 488 g/mol. The van der Waals surface area contributed by atoms with Crippen LogP contribution in [0.1, 0.15) is 73.7 Å². The zero-order chi connectivity index (χ0) is 25.9. The molecule has 6 nitrogen and oxygen atoms in total. The first-order valence-corrected chi connectivity index (χ1v) is 12.6. The lowest BCUT2D eigenvalue weighted by atomic mass is 9.85. The second-order valence-electron chi connectivity index (χ2n) is 10.8. The van der Waals surface area contributed by atoms with Gasteiger partial charge in [-0.3, -0.25) is 9.59 Å². The van der Waals surface area contributed by atoms with Crippen LogP contribution < -0.4 is 10.1 Å². The predicted molar refractivity (Wildman–Crippen MR) is 140 cm³/mol. The van der Waals surface area contributed by atoms with Gasteiger partial charge in [0.25, 0.3) is 5.91 Å². The van der Waals surface area contributed by atoms with Gasteiger partial charge in [-0.25, -0.2) is 0 Å². The molecule has 2 amide bonds. The molecule has 0 fully saturated rings.